The molecule has 1 aliphatic rings. The van der Waals surface area contributed by atoms with Gasteiger partial charge in [-0.3, -0.25) is 9.78 Å². The lowest BCUT2D eigenvalue weighted by Crippen LogP contribution is -2.32. The van der Waals surface area contributed by atoms with E-state index in [1.807, 2.05) is 0 Å². The van der Waals surface area contributed by atoms with E-state index in [1.54, 1.807) is 35.6 Å². The average molecular weight is 305 g/mol. The molecular weight excluding hydrogens is 292 g/mol. The summed E-state index contributed by atoms with van der Waals surface area (Å²) < 4.78 is 5.82. The molecule has 0 spiro atoms. The van der Waals surface area contributed by atoms with Crippen LogP contribution in [0.2, 0.25) is 5.02 Å². The van der Waals surface area contributed by atoms with E-state index in [0.29, 0.717) is 23.9 Å². The second kappa shape index (κ2) is 6.05. The van der Waals surface area contributed by atoms with Crippen LogP contribution < -0.4 is 4.74 Å². The Balaban J connectivity index is 1.63. The summed E-state index contributed by atoms with van der Waals surface area (Å²) in [5.74, 6) is 0.615. The van der Waals surface area contributed by atoms with E-state index in [-0.39, 0.29) is 17.8 Å². The van der Waals surface area contributed by atoms with E-state index < -0.39 is 0 Å². The molecule has 0 aromatic carbocycles. The lowest BCUT2D eigenvalue weighted by atomic mass is 10.3. The molecule has 1 fully saturated rings. The second-order valence-electron chi connectivity index (χ2n) is 4.66. The van der Waals surface area contributed by atoms with Gasteiger partial charge in [0.05, 0.1) is 6.54 Å². The molecule has 0 bridgehead atoms. The first-order valence-electron chi connectivity index (χ1n) is 6.56. The summed E-state index contributed by atoms with van der Waals surface area (Å²) in [4.78, 5) is 25.8. The monoisotopic (exact) mass is 304 g/mol. The van der Waals surface area contributed by atoms with E-state index >= 15 is 0 Å². The van der Waals surface area contributed by atoms with Crippen LogP contribution in [0, 0.1) is 0 Å². The van der Waals surface area contributed by atoms with Crippen molar-refractivity contribution >= 4 is 17.5 Å². The Morgan fingerprint density at radius 1 is 1.33 bits per heavy atom. The topological polar surface area (TPSA) is 68.2 Å². The van der Waals surface area contributed by atoms with Gasteiger partial charge in [-0.25, -0.2) is 9.97 Å². The summed E-state index contributed by atoms with van der Waals surface area (Å²) >= 11 is 6.01. The molecule has 2 aromatic heterocycles. The van der Waals surface area contributed by atoms with Gasteiger partial charge in [0.25, 0.3) is 5.91 Å². The number of rotatable bonds is 3. The number of hydrogen-bond donors (Lipinski definition) is 0. The number of carbonyl (C=O) groups is 1. The molecule has 7 heteroatoms. The highest BCUT2D eigenvalue weighted by atomic mass is 35.5. The number of nitrogens with zero attached hydrogens (tertiary/aromatic N) is 4. The van der Waals surface area contributed by atoms with Gasteiger partial charge < -0.3 is 9.64 Å². The standard InChI is InChI=1S/C14H13ClN4O2/c15-11-8-16-6-2-12(11)21-10-3-7-19(9-10)14(20)13-17-4-1-5-18-13/h1-2,4-6,8,10H,3,7,9H2. The zero-order valence-electron chi connectivity index (χ0n) is 11.1. The minimum atomic E-state index is -0.178. The van der Waals surface area contributed by atoms with Gasteiger partial charge in [0, 0.05) is 43.8 Å². The summed E-state index contributed by atoms with van der Waals surface area (Å²) in [6.45, 7) is 1.11. The predicted molar refractivity (Wildman–Crippen MR) is 76.2 cm³/mol. The molecule has 0 aliphatic carbocycles. The molecule has 1 amide bonds. The maximum absolute atomic E-state index is 12.2. The lowest BCUT2D eigenvalue weighted by Gasteiger charge is -2.16. The van der Waals surface area contributed by atoms with E-state index in [4.69, 9.17) is 16.3 Å². The first-order valence-corrected chi connectivity index (χ1v) is 6.94. The third-order valence-electron chi connectivity index (χ3n) is 3.22. The van der Waals surface area contributed by atoms with Crippen LogP contribution in [0.4, 0.5) is 0 Å². The van der Waals surface area contributed by atoms with E-state index in [0.717, 1.165) is 6.42 Å². The molecule has 0 N–H and O–H groups in total. The van der Waals surface area contributed by atoms with Crippen molar-refractivity contribution in [2.24, 2.45) is 0 Å². The number of aromatic nitrogens is 3. The molecule has 21 heavy (non-hydrogen) atoms. The SMILES string of the molecule is O=C(c1ncccn1)N1CCC(Oc2ccncc2Cl)C1. The van der Waals surface area contributed by atoms with Gasteiger partial charge in [0.2, 0.25) is 5.82 Å². The molecule has 0 radical (unpaired) electrons. The van der Waals surface area contributed by atoms with Gasteiger partial charge in [0.1, 0.15) is 16.9 Å². The van der Waals surface area contributed by atoms with E-state index in [1.165, 1.54) is 6.20 Å². The third kappa shape index (κ3) is 3.11. The van der Waals surface area contributed by atoms with Crippen molar-refractivity contribution in [3.05, 3.63) is 47.8 Å². The molecule has 1 aliphatic heterocycles. The number of amides is 1. The highest BCUT2D eigenvalue weighted by molar-refractivity contribution is 6.31. The van der Waals surface area contributed by atoms with Crippen LogP contribution in [0.1, 0.15) is 17.0 Å². The maximum Gasteiger partial charge on any atom is 0.291 e. The zero-order valence-corrected chi connectivity index (χ0v) is 11.9. The van der Waals surface area contributed by atoms with E-state index in [2.05, 4.69) is 15.0 Å². The van der Waals surface area contributed by atoms with Crippen molar-refractivity contribution in [1.29, 1.82) is 0 Å². The molecule has 3 rings (SSSR count). The Hall–Kier alpha value is -2.21. The van der Waals surface area contributed by atoms with Gasteiger partial charge in [-0.2, -0.15) is 0 Å². The fraction of sp³-hybridized carbons (Fsp3) is 0.286. The highest BCUT2D eigenvalue weighted by Crippen LogP contribution is 2.25. The van der Waals surface area contributed by atoms with Crippen LogP contribution >= 0.6 is 11.6 Å². The molecule has 108 valence electrons. The van der Waals surface area contributed by atoms with Crippen LogP contribution in [0.25, 0.3) is 0 Å². The fourth-order valence-corrected chi connectivity index (χ4v) is 2.36. The smallest absolute Gasteiger partial charge is 0.291 e. The lowest BCUT2D eigenvalue weighted by molar-refractivity contribution is 0.0760. The second-order valence-corrected chi connectivity index (χ2v) is 5.07. The van der Waals surface area contributed by atoms with Crippen LogP contribution in [-0.4, -0.2) is 45.0 Å². The normalized spacial score (nSPS) is 17.8. The Morgan fingerprint density at radius 2 is 2.14 bits per heavy atom. The fourth-order valence-electron chi connectivity index (χ4n) is 2.20. The van der Waals surface area contributed by atoms with E-state index in [9.17, 15) is 4.79 Å². The summed E-state index contributed by atoms with van der Waals surface area (Å²) in [5, 5.41) is 0.466. The minimum absolute atomic E-state index is 0.0856. The molecule has 1 atom stereocenters. The molecule has 1 saturated heterocycles. The number of carbonyl (C=O) groups excluding carboxylic acids is 1. The highest BCUT2D eigenvalue weighted by Gasteiger charge is 2.29. The van der Waals surface area contributed by atoms with Crippen LogP contribution in [0.15, 0.2) is 36.9 Å². The van der Waals surface area contributed by atoms with Crippen molar-refractivity contribution in [3.8, 4) is 5.75 Å². The van der Waals surface area contributed by atoms with Gasteiger partial charge in [-0.05, 0) is 6.07 Å². The van der Waals surface area contributed by atoms with Crippen LogP contribution in [0.5, 0.6) is 5.75 Å². The molecule has 2 aromatic rings. The quantitative estimate of drug-likeness (QED) is 0.865. The molecule has 0 saturated carbocycles. The first-order chi connectivity index (χ1) is 10.2. The van der Waals surface area contributed by atoms with Crippen LogP contribution in [0.3, 0.4) is 0 Å². The Kier molecular flexibility index (Phi) is 3.96. The van der Waals surface area contributed by atoms with Gasteiger partial charge in [0.15, 0.2) is 0 Å². The molecule has 6 nitrogen and oxygen atoms in total. The van der Waals surface area contributed by atoms with Crippen molar-refractivity contribution in [2.45, 2.75) is 12.5 Å². The maximum atomic E-state index is 12.2. The summed E-state index contributed by atoms with van der Waals surface area (Å²) in [7, 11) is 0. The first kappa shape index (κ1) is 13.8. The van der Waals surface area contributed by atoms with Gasteiger partial charge in [-0.1, -0.05) is 11.6 Å². The van der Waals surface area contributed by atoms with Gasteiger partial charge >= 0.3 is 0 Å². The summed E-state index contributed by atoms with van der Waals surface area (Å²) in [6.07, 6.45) is 6.93. The number of pyridine rings is 1. The summed E-state index contributed by atoms with van der Waals surface area (Å²) in [6, 6.07) is 3.39. The molecule has 3 heterocycles. The average Bonchev–Trinajstić information content (AvgIpc) is 2.98. The number of likely N-dealkylation sites (tertiary alicyclic amines) is 1. The van der Waals surface area contributed by atoms with Crippen molar-refractivity contribution in [2.75, 3.05) is 13.1 Å². The largest absolute Gasteiger partial charge is 0.487 e. The van der Waals surface area contributed by atoms with Crippen LogP contribution in [-0.2, 0) is 0 Å². The Labute approximate surface area is 126 Å². The van der Waals surface area contributed by atoms with Crippen molar-refractivity contribution in [1.82, 2.24) is 19.9 Å². The van der Waals surface area contributed by atoms with Gasteiger partial charge in [-0.15, -0.1) is 0 Å². The van der Waals surface area contributed by atoms with Crippen molar-refractivity contribution < 1.29 is 9.53 Å². The number of ether oxygens (including phenoxy) is 1. The zero-order chi connectivity index (χ0) is 14.7. The molecule has 1 unspecified atom stereocenters. The van der Waals surface area contributed by atoms with Crippen molar-refractivity contribution in [3.63, 3.8) is 0 Å². The molecular formula is C14H13ClN4O2. The Morgan fingerprint density at radius 3 is 2.90 bits per heavy atom. The Bertz CT molecular complexity index is 638. The third-order valence-corrected chi connectivity index (χ3v) is 3.50. The summed E-state index contributed by atoms with van der Waals surface area (Å²) in [5.41, 5.74) is 0. The predicted octanol–water partition coefficient (Wildman–Crippen LogP) is 1.82. The minimum Gasteiger partial charge on any atom is -0.487 e. The number of hydrogen-bond acceptors (Lipinski definition) is 5. The number of halogens is 1.